The van der Waals surface area contributed by atoms with E-state index in [1.54, 1.807) is 23.2 Å². The van der Waals surface area contributed by atoms with E-state index in [4.69, 9.17) is 26.0 Å². The molecule has 0 saturated carbocycles. The van der Waals surface area contributed by atoms with E-state index in [0.29, 0.717) is 40.3 Å². The van der Waals surface area contributed by atoms with Gasteiger partial charge in [0.25, 0.3) is 5.56 Å². The quantitative estimate of drug-likeness (QED) is 0.398. The van der Waals surface area contributed by atoms with Gasteiger partial charge in [-0.1, -0.05) is 41.9 Å². The Kier molecular flexibility index (Phi) is 4.29. The van der Waals surface area contributed by atoms with Crippen molar-refractivity contribution in [1.82, 2.24) is 24.1 Å². The minimum absolute atomic E-state index is 0.192. The third kappa shape index (κ3) is 2.98. The van der Waals surface area contributed by atoms with Crippen LogP contribution in [0.2, 0.25) is 5.02 Å². The summed E-state index contributed by atoms with van der Waals surface area (Å²) in [4.78, 5) is 27.8. The highest BCUT2D eigenvalue weighted by Gasteiger charge is 2.20. The van der Waals surface area contributed by atoms with E-state index in [1.165, 1.54) is 0 Å². The molecule has 0 aliphatic rings. The lowest BCUT2D eigenvalue weighted by Gasteiger charge is -2.08. The largest absolute Gasteiger partial charge is 0.467 e. The molecular formula is C24H16ClN5O2. The van der Waals surface area contributed by atoms with Crippen LogP contribution in [-0.4, -0.2) is 24.1 Å². The van der Waals surface area contributed by atoms with Gasteiger partial charge in [0, 0.05) is 5.02 Å². The van der Waals surface area contributed by atoms with Gasteiger partial charge in [-0.2, -0.15) is 0 Å². The Morgan fingerprint density at radius 3 is 2.44 bits per heavy atom. The summed E-state index contributed by atoms with van der Waals surface area (Å²) in [6.07, 6.45) is 3.17. The SMILES string of the molecule is O=c1c2c3nc4ccccc4nc3n(Cc3ccco3)c2ncn1Cc1ccccc1Cl. The Morgan fingerprint density at radius 2 is 1.66 bits per heavy atom. The van der Waals surface area contributed by atoms with Gasteiger partial charge in [0.15, 0.2) is 11.3 Å². The molecule has 0 spiro atoms. The highest BCUT2D eigenvalue weighted by Crippen LogP contribution is 2.26. The Morgan fingerprint density at radius 1 is 0.875 bits per heavy atom. The van der Waals surface area contributed by atoms with Crippen LogP contribution in [0.4, 0.5) is 0 Å². The topological polar surface area (TPSA) is 78.7 Å². The van der Waals surface area contributed by atoms with Crippen LogP contribution in [0.1, 0.15) is 11.3 Å². The number of aromatic nitrogens is 5. The molecule has 0 aliphatic heterocycles. The van der Waals surface area contributed by atoms with Crippen molar-refractivity contribution in [2.24, 2.45) is 0 Å². The fourth-order valence-electron chi connectivity index (χ4n) is 3.97. The zero-order chi connectivity index (χ0) is 21.7. The number of halogens is 1. The average Bonchev–Trinajstić information content (AvgIpc) is 3.43. The van der Waals surface area contributed by atoms with Crippen molar-refractivity contribution in [3.63, 3.8) is 0 Å². The molecule has 0 unspecified atom stereocenters. The van der Waals surface area contributed by atoms with Gasteiger partial charge in [-0.25, -0.2) is 15.0 Å². The van der Waals surface area contributed by atoms with Gasteiger partial charge in [-0.05, 0) is 35.9 Å². The lowest BCUT2D eigenvalue weighted by molar-refractivity contribution is 0.498. The van der Waals surface area contributed by atoms with Gasteiger partial charge >= 0.3 is 0 Å². The normalized spacial score (nSPS) is 11.7. The molecule has 0 atom stereocenters. The minimum Gasteiger partial charge on any atom is -0.467 e. The predicted molar refractivity (Wildman–Crippen MR) is 123 cm³/mol. The monoisotopic (exact) mass is 441 g/mol. The summed E-state index contributed by atoms with van der Waals surface area (Å²) < 4.78 is 8.98. The van der Waals surface area contributed by atoms with Crippen LogP contribution >= 0.6 is 11.6 Å². The minimum atomic E-state index is -0.192. The summed E-state index contributed by atoms with van der Waals surface area (Å²) in [5.74, 6) is 0.737. The van der Waals surface area contributed by atoms with Crippen molar-refractivity contribution in [3.8, 4) is 0 Å². The zero-order valence-corrected chi connectivity index (χ0v) is 17.5. The number of furan rings is 1. The average molecular weight is 442 g/mol. The maximum absolute atomic E-state index is 13.6. The molecule has 4 aromatic heterocycles. The zero-order valence-electron chi connectivity index (χ0n) is 16.8. The molecule has 7 nitrogen and oxygen atoms in total. The number of rotatable bonds is 4. The molecule has 2 aromatic carbocycles. The Hall–Kier alpha value is -3.97. The molecule has 0 aliphatic carbocycles. The number of hydrogen-bond donors (Lipinski definition) is 0. The Balaban J connectivity index is 1.63. The van der Waals surface area contributed by atoms with Crippen molar-refractivity contribution >= 4 is 44.8 Å². The molecule has 0 radical (unpaired) electrons. The number of hydrogen-bond acceptors (Lipinski definition) is 5. The van der Waals surface area contributed by atoms with Crippen LogP contribution in [0.3, 0.4) is 0 Å². The van der Waals surface area contributed by atoms with E-state index < -0.39 is 0 Å². The molecule has 6 aromatic rings. The van der Waals surface area contributed by atoms with Crippen LogP contribution in [0.25, 0.3) is 33.2 Å². The fourth-order valence-corrected chi connectivity index (χ4v) is 4.17. The van der Waals surface area contributed by atoms with Crippen molar-refractivity contribution in [2.75, 3.05) is 0 Å². The van der Waals surface area contributed by atoms with Gasteiger partial charge in [-0.3, -0.25) is 9.36 Å². The molecular weight excluding hydrogens is 426 g/mol. The maximum Gasteiger partial charge on any atom is 0.265 e. The highest BCUT2D eigenvalue weighted by atomic mass is 35.5. The highest BCUT2D eigenvalue weighted by molar-refractivity contribution is 6.31. The molecule has 8 heteroatoms. The van der Waals surface area contributed by atoms with Crippen LogP contribution in [-0.2, 0) is 13.1 Å². The second kappa shape index (κ2) is 7.32. The fraction of sp³-hybridized carbons (Fsp3) is 0.0833. The summed E-state index contributed by atoms with van der Waals surface area (Å²) in [7, 11) is 0. The molecule has 0 amide bonds. The van der Waals surface area contributed by atoms with Crippen LogP contribution in [0, 0.1) is 0 Å². The summed E-state index contributed by atoms with van der Waals surface area (Å²) in [5.41, 5.74) is 3.76. The second-order valence-electron chi connectivity index (χ2n) is 7.52. The molecule has 0 saturated heterocycles. The number of nitrogens with zero attached hydrogens (tertiary/aromatic N) is 5. The first-order valence-corrected chi connectivity index (χ1v) is 10.5. The molecule has 156 valence electrons. The van der Waals surface area contributed by atoms with Gasteiger partial charge in [0.1, 0.15) is 23.0 Å². The van der Waals surface area contributed by atoms with Gasteiger partial charge in [-0.15, -0.1) is 0 Å². The van der Waals surface area contributed by atoms with Crippen LogP contribution in [0.15, 0.2) is 82.5 Å². The van der Waals surface area contributed by atoms with Crippen molar-refractivity contribution < 1.29 is 4.42 Å². The molecule has 0 bridgehead atoms. The lowest BCUT2D eigenvalue weighted by Crippen LogP contribution is -2.21. The van der Waals surface area contributed by atoms with E-state index in [1.807, 2.05) is 59.2 Å². The standard InChI is InChI=1S/C24H16ClN5O2/c25-17-8-2-1-6-15(17)12-29-14-26-22-20(24(29)31)21-23(30(22)13-16-7-5-11-32-16)28-19-10-4-3-9-18(19)27-21/h1-11,14H,12-13H2. The van der Waals surface area contributed by atoms with Gasteiger partial charge in [0.2, 0.25) is 0 Å². The summed E-state index contributed by atoms with van der Waals surface area (Å²) >= 11 is 6.32. The first kappa shape index (κ1) is 18.8. The first-order valence-electron chi connectivity index (χ1n) is 10.1. The van der Waals surface area contributed by atoms with Gasteiger partial charge in [0.05, 0.1) is 30.4 Å². The molecule has 6 rings (SSSR count). The third-order valence-corrected chi connectivity index (χ3v) is 5.88. The first-order chi connectivity index (χ1) is 15.7. The summed E-state index contributed by atoms with van der Waals surface area (Å²) in [5, 5.41) is 1.03. The van der Waals surface area contributed by atoms with E-state index >= 15 is 0 Å². The van der Waals surface area contributed by atoms with Crippen molar-refractivity contribution in [1.29, 1.82) is 0 Å². The Bertz CT molecular complexity index is 1670. The van der Waals surface area contributed by atoms with E-state index in [-0.39, 0.29) is 5.56 Å². The number of fused-ring (bicyclic) bond motifs is 4. The van der Waals surface area contributed by atoms with E-state index in [2.05, 4.69) is 4.98 Å². The maximum atomic E-state index is 13.6. The summed E-state index contributed by atoms with van der Waals surface area (Å²) in [6.45, 7) is 0.703. The molecule has 4 heterocycles. The number of benzene rings is 2. The van der Waals surface area contributed by atoms with E-state index in [0.717, 1.165) is 22.4 Å². The molecule has 0 N–H and O–H groups in total. The second-order valence-corrected chi connectivity index (χ2v) is 7.92. The Labute approximate surface area is 186 Å². The smallest absolute Gasteiger partial charge is 0.265 e. The number of para-hydroxylation sites is 2. The van der Waals surface area contributed by atoms with Crippen LogP contribution in [0.5, 0.6) is 0 Å². The summed E-state index contributed by atoms with van der Waals surface area (Å²) in [6, 6.07) is 18.8. The van der Waals surface area contributed by atoms with Crippen LogP contribution < -0.4 is 5.56 Å². The third-order valence-electron chi connectivity index (χ3n) is 5.51. The van der Waals surface area contributed by atoms with Gasteiger partial charge < -0.3 is 8.98 Å². The predicted octanol–water partition coefficient (Wildman–Crippen LogP) is 4.64. The van der Waals surface area contributed by atoms with Crippen molar-refractivity contribution in [3.05, 3.63) is 100.0 Å². The van der Waals surface area contributed by atoms with E-state index in [9.17, 15) is 4.79 Å². The lowest BCUT2D eigenvalue weighted by atomic mass is 10.2. The molecule has 0 fully saturated rings. The van der Waals surface area contributed by atoms with Crippen molar-refractivity contribution in [2.45, 2.75) is 13.1 Å². The molecule has 32 heavy (non-hydrogen) atoms.